The summed E-state index contributed by atoms with van der Waals surface area (Å²) < 4.78 is 5.75. The van der Waals surface area contributed by atoms with Crippen LogP contribution in [0.5, 0.6) is 0 Å². The van der Waals surface area contributed by atoms with Crippen LogP contribution in [0.2, 0.25) is 5.02 Å². The molecule has 3 aromatic carbocycles. The number of ether oxygens (including phenoxy) is 1. The lowest BCUT2D eigenvalue weighted by molar-refractivity contribution is -0.126. The van der Waals surface area contributed by atoms with E-state index in [1.54, 1.807) is 48.5 Å². The SMILES string of the molecule is Cc1ccc(CN2C(=O)OC(c3cccc(NC(=O)c4cccc(Cl)c4)c3)C2C(=O)NCC(C)C)cc1. The topological polar surface area (TPSA) is 87.7 Å². The molecule has 1 fully saturated rings. The van der Waals surface area contributed by atoms with Gasteiger partial charge in [-0.1, -0.05) is 73.5 Å². The zero-order valence-corrected chi connectivity index (χ0v) is 21.8. The minimum atomic E-state index is -0.869. The molecule has 1 saturated heterocycles. The van der Waals surface area contributed by atoms with Gasteiger partial charge in [0, 0.05) is 22.8 Å². The van der Waals surface area contributed by atoms with E-state index in [4.69, 9.17) is 16.3 Å². The first-order valence-electron chi connectivity index (χ1n) is 12.2. The van der Waals surface area contributed by atoms with Gasteiger partial charge < -0.3 is 15.4 Å². The largest absolute Gasteiger partial charge is 0.438 e. The monoisotopic (exact) mass is 519 g/mol. The van der Waals surface area contributed by atoms with Crippen molar-refractivity contribution in [3.63, 3.8) is 0 Å². The smallest absolute Gasteiger partial charge is 0.411 e. The van der Waals surface area contributed by atoms with E-state index in [0.29, 0.717) is 28.4 Å². The van der Waals surface area contributed by atoms with Gasteiger partial charge in [-0.15, -0.1) is 0 Å². The maximum atomic E-state index is 13.3. The number of rotatable bonds is 8. The third-order valence-electron chi connectivity index (χ3n) is 6.07. The van der Waals surface area contributed by atoms with Crippen LogP contribution in [-0.4, -0.2) is 35.4 Å². The Morgan fingerprint density at radius 2 is 1.76 bits per heavy atom. The van der Waals surface area contributed by atoms with E-state index in [9.17, 15) is 14.4 Å². The number of hydrogen-bond donors (Lipinski definition) is 2. The number of nitrogens with one attached hydrogen (secondary N) is 2. The quantitative estimate of drug-likeness (QED) is 0.397. The van der Waals surface area contributed by atoms with Gasteiger partial charge in [-0.05, 0) is 54.3 Å². The van der Waals surface area contributed by atoms with Crippen LogP contribution < -0.4 is 10.6 Å². The average Bonchev–Trinajstić information content (AvgIpc) is 3.20. The highest BCUT2D eigenvalue weighted by atomic mass is 35.5. The van der Waals surface area contributed by atoms with Crippen LogP contribution in [0.3, 0.4) is 0 Å². The molecule has 0 aromatic heterocycles. The number of carbonyl (C=O) groups excluding carboxylic acids is 3. The Kier molecular flexibility index (Phi) is 8.14. The predicted molar refractivity (Wildman–Crippen MR) is 143 cm³/mol. The van der Waals surface area contributed by atoms with E-state index in [-0.39, 0.29) is 24.3 Å². The molecule has 192 valence electrons. The summed E-state index contributed by atoms with van der Waals surface area (Å²) in [5, 5.41) is 6.26. The average molecular weight is 520 g/mol. The molecule has 3 amide bonds. The van der Waals surface area contributed by atoms with E-state index in [2.05, 4.69) is 10.6 Å². The highest BCUT2D eigenvalue weighted by Crippen LogP contribution is 2.35. The molecule has 8 heteroatoms. The highest BCUT2D eigenvalue weighted by molar-refractivity contribution is 6.31. The number of hydrogen-bond acceptors (Lipinski definition) is 4. The van der Waals surface area contributed by atoms with E-state index >= 15 is 0 Å². The van der Waals surface area contributed by atoms with Gasteiger partial charge in [-0.25, -0.2) is 4.79 Å². The molecule has 1 aliphatic rings. The molecule has 0 aliphatic carbocycles. The minimum absolute atomic E-state index is 0.237. The van der Waals surface area contributed by atoms with E-state index in [1.807, 2.05) is 45.0 Å². The van der Waals surface area contributed by atoms with Gasteiger partial charge in [0.2, 0.25) is 5.91 Å². The molecule has 37 heavy (non-hydrogen) atoms. The van der Waals surface area contributed by atoms with Gasteiger partial charge in [0.15, 0.2) is 12.1 Å². The number of benzene rings is 3. The summed E-state index contributed by atoms with van der Waals surface area (Å²) in [7, 11) is 0. The molecule has 0 bridgehead atoms. The van der Waals surface area contributed by atoms with Crippen molar-refractivity contribution in [1.29, 1.82) is 0 Å². The Morgan fingerprint density at radius 3 is 2.46 bits per heavy atom. The van der Waals surface area contributed by atoms with Crippen molar-refractivity contribution in [2.45, 2.75) is 39.5 Å². The number of halogens is 1. The lowest BCUT2D eigenvalue weighted by atomic mass is 9.99. The van der Waals surface area contributed by atoms with Crippen molar-refractivity contribution < 1.29 is 19.1 Å². The van der Waals surface area contributed by atoms with Crippen LogP contribution in [0.15, 0.2) is 72.8 Å². The summed E-state index contributed by atoms with van der Waals surface area (Å²) in [6, 6.07) is 20.6. The fourth-order valence-electron chi connectivity index (χ4n) is 4.14. The number of amides is 3. The van der Waals surface area contributed by atoms with Crippen molar-refractivity contribution in [2.75, 3.05) is 11.9 Å². The molecule has 3 aromatic rings. The van der Waals surface area contributed by atoms with Crippen molar-refractivity contribution in [3.05, 3.63) is 100 Å². The fraction of sp³-hybridized carbons (Fsp3) is 0.276. The van der Waals surface area contributed by atoms with Crippen molar-refractivity contribution in [2.24, 2.45) is 5.92 Å². The third kappa shape index (κ3) is 6.49. The minimum Gasteiger partial charge on any atom is -0.438 e. The van der Waals surface area contributed by atoms with Crippen LogP contribution in [-0.2, 0) is 16.1 Å². The van der Waals surface area contributed by atoms with E-state index in [0.717, 1.165) is 11.1 Å². The van der Waals surface area contributed by atoms with Gasteiger partial charge in [0.1, 0.15) is 0 Å². The molecular weight excluding hydrogens is 490 g/mol. The second-order valence-electron chi connectivity index (χ2n) is 9.59. The number of carbonyl (C=O) groups is 3. The molecule has 2 unspecified atom stereocenters. The Bertz CT molecular complexity index is 1290. The third-order valence-corrected chi connectivity index (χ3v) is 6.31. The zero-order chi connectivity index (χ0) is 26.5. The molecule has 0 saturated carbocycles. The summed E-state index contributed by atoms with van der Waals surface area (Å²) >= 11 is 6.02. The number of aryl methyl sites for hydroxylation is 1. The summed E-state index contributed by atoms with van der Waals surface area (Å²) in [5.74, 6) is -0.365. The maximum absolute atomic E-state index is 13.3. The Morgan fingerprint density at radius 1 is 1.03 bits per heavy atom. The lowest BCUT2D eigenvalue weighted by Gasteiger charge is -2.25. The van der Waals surface area contributed by atoms with E-state index in [1.165, 1.54) is 4.90 Å². The van der Waals surface area contributed by atoms with Crippen molar-refractivity contribution in [1.82, 2.24) is 10.2 Å². The molecular formula is C29H30ClN3O4. The molecule has 0 spiro atoms. The maximum Gasteiger partial charge on any atom is 0.411 e. The summed E-state index contributed by atoms with van der Waals surface area (Å²) in [6.45, 7) is 6.71. The van der Waals surface area contributed by atoms with Gasteiger partial charge in [0.05, 0.1) is 6.54 Å². The molecule has 0 radical (unpaired) electrons. The molecule has 1 heterocycles. The molecule has 4 rings (SSSR count). The first-order chi connectivity index (χ1) is 17.7. The second-order valence-corrected chi connectivity index (χ2v) is 10.0. The second kappa shape index (κ2) is 11.5. The molecule has 2 atom stereocenters. The number of nitrogens with zero attached hydrogens (tertiary/aromatic N) is 1. The Labute approximate surface area is 221 Å². The van der Waals surface area contributed by atoms with Gasteiger partial charge in [-0.3, -0.25) is 14.5 Å². The highest BCUT2D eigenvalue weighted by Gasteiger charge is 2.47. The Hall–Kier alpha value is -3.84. The zero-order valence-electron chi connectivity index (χ0n) is 21.0. The van der Waals surface area contributed by atoms with Crippen LogP contribution in [0, 0.1) is 12.8 Å². The Balaban J connectivity index is 1.60. The normalized spacial score (nSPS) is 17.0. The van der Waals surface area contributed by atoms with Crippen LogP contribution in [0.4, 0.5) is 10.5 Å². The van der Waals surface area contributed by atoms with Crippen LogP contribution in [0.25, 0.3) is 0 Å². The van der Waals surface area contributed by atoms with Gasteiger partial charge in [0.25, 0.3) is 5.91 Å². The van der Waals surface area contributed by atoms with Crippen molar-refractivity contribution >= 4 is 35.2 Å². The van der Waals surface area contributed by atoms with Crippen LogP contribution >= 0.6 is 11.6 Å². The molecule has 1 aliphatic heterocycles. The molecule has 2 N–H and O–H groups in total. The molecule has 7 nitrogen and oxygen atoms in total. The standard InChI is InChI=1S/C29H30ClN3O4/c1-18(2)16-31-28(35)25-26(37-29(36)33(25)17-20-12-10-19(3)11-13-20)21-6-5-9-24(15-21)32-27(34)22-7-4-8-23(30)14-22/h4-15,18,25-26H,16-17H2,1-3H3,(H,31,35)(H,32,34). The van der Waals surface area contributed by atoms with E-state index < -0.39 is 18.2 Å². The van der Waals surface area contributed by atoms with Crippen LogP contribution in [0.1, 0.15) is 47.0 Å². The number of cyclic esters (lactones) is 1. The lowest BCUT2D eigenvalue weighted by Crippen LogP contribution is -2.47. The first-order valence-corrected chi connectivity index (χ1v) is 12.6. The first kappa shape index (κ1) is 26.2. The van der Waals surface area contributed by atoms with Gasteiger partial charge in [-0.2, -0.15) is 0 Å². The van der Waals surface area contributed by atoms with Gasteiger partial charge >= 0.3 is 6.09 Å². The summed E-state index contributed by atoms with van der Waals surface area (Å²) in [5.41, 5.74) is 3.53. The fourth-order valence-corrected chi connectivity index (χ4v) is 4.33. The summed E-state index contributed by atoms with van der Waals surface area (Å²) in [4.78, 5) is 40.5. The predicted octanol–water partition coefficient (Wildman–Crippen LogP) is 5.74. The number of anilines is 1. The summed E-state index contributed by atoms with van der Waals surface area (Å²) in [6.07, 6.45) is -1.41. The van der Waals surface area contributed by atoms with Crippen molar-refractivity contribution in [3.8, 4) is 0 Å².